The summed E-state index contributed by atoms with van der Waals surface area (Å²) in [6, 6.07) is 6.73. The summed E-state index contributed by atoms with van der Waals surface area (Å²) < 4.78 is 27.4. The second-order valence-electron chi connectivity index (χ2n) is 5.80. The van der Waals surface area contributed by atoms with Gasteiger partial charge in [-0.15, -0.1) is 0 Å². The van der Waals surface area contributed by atoms with Gasteiger partial charge in [0.15, 0.2) is 0 Å². The van der Waals surface area contributed by atoms with Crippen molar-refractivity contribution in [3.63, 3.8) is 0 Å². The smallest absolute Gasteiger partial charge is 0.243 e. The maximum Gasteiger partial charge on any atom is 0.243 e. The molecule has 0 aromatic heterocycles. The molecule has 1 aromatic carbocycles. The molecule has 0 aliphatic carbocycles. The van der Waals surface area contributed by atoms with E-state index in [2.05, 4.69) is 21.2 Å². The van der Waals surface area contributed by atoms with E-state index in [0.717, 1.165) is 4.47 Å². The number of benzene rings is 1. The van der Waals surface area contributed by atoms with Gasteiger partial charge in [0, 0.05) is 29.5 Å². The van der Waals surface area contributed by atoms with Crippen LogP contribution in [0.25, 0.3) is 0 Å². The van der Waals surface area contributed by atoms with Crippen molar-refractivity contribution in [3.05, 3.63) is 28.7 Å². The molecule has 0 bridgehead atoms. The first-order chi connectivity index (χ1) is 10.3. The minimum Gasteiger partial charge on any atom is -0.354 e. The Kier molecular flexibility index (Phi) is 5.63. The monoisotopic (exact) mass is 388 g/mol. The van der Waals surface area contributed by atoms with Gasteiger partial charge in [0.25, 0.3) is 0 Å². The Labute approximate surface area is 140 Å². The predicted molar refractivity (Wildman–Crippen MR) is 88.9 cm³/mol. The van der Waals surface area contributed by atoms with Gasteiger partial charge in [-0.05, 0) is 51.0 Å². The first kappa shape index (κ1) is 17.4. The highest BCUT2D eigenvalue weighted by molar-refractivity contribution is 9.10. The van der Waals surface area contributed by atoms with Crippen LogP contribution in [0.15, 0.2) is 33.6 Å². The molecular weight excluding hydrogens is 368 g/mol. The molecule has 1 amide bonds. The van der Waals surface area contributed by atoms with Crippen LogP contribution < -0.4 is 5.32 Å². The fourth-order valence-electron chi connectivity index (χ4n) is 2.52. The van der Waals surface area contributed by atoms with Crippen molar-refractivity contribution >= 4 is 31.9 Å². The van der Waals surface area contributed by atoms with E-state index in [0.29, 0.717) is 30.8 Å². The second kappa shape index (κ2) is 7.10. The maximum absolute atomic E-state index is 12.6. The Morgan fingerprint density at radius 3 is 2.27 bits per heavy atom. The summed E-state index contributed by atoms with van der Waals surface area (Å²) in [4.78, 5) is 12.3. The van der Waals surface area contributed by atoms with Crippen molar-refractivity contribution in [2.45, 2.75) is 37.6 Å². The lowest BCUT2D eigenvalue weighted by Gasteiger charge is -2.31. The van der Waals surface area contributed by atoms with Crippen LogP contribution in [-0.4, -0.2) is 37.8 Å². The second-order valence-corrected chi connectivity index (χ2v) is 8.65. The van der Waals surface area contributed by atoms with Crippen molar-refractivity contribution in [3.8, 4) is 0 Å². The predicted octanol–water partition coefficient (Wildman–Crippen LogP) is 2.37. The largest absolute Gasteiger partial charge is 0.354 e. The molecule has 1 aliphatic heterocycles. The number of sulfonamides is 1. The first-order valence-electron chi connectivity index (χ1n) is 7.37. The summed E-state index contributed by atoms with van der Waals surface area (Å²) in [7, 11) is -3.47. The van der Waals surface area contributed by atoms with Gasteiger partial charge in [0.05, 0.1) is 4.90 Å². The molecule has 1 saturated heterocycles. The quantitative estimate of drug-likeness (QED) is 0.860. The Morgan fingerprint density at radius 2 is 1.77 bits per heavy atom. The van der Waals surface area contributed by atoms with Crippen LogP contribution in [0.3, 0.4) is 0 Å². The molecular formula is C15H21BrN2O3S. The third-order valence-electron chi connectivity index (χ3n) is 3.71. The Morgan fingerprint density at radius 1 is 1.23 bits per heavy atom. The number of rotatable bonds is 4. The Hall–Kier alpha value is -0.920. The van der Waals surface area contributed by atoms with Crippen molar-refractivity contribution < 1.29 is 13.2 Å². The van der Waals surface area contributed by atoms with Gasteiger partial charge in [-0.3, -0.25) is 4.79 Å². The molecule has 1 N–H and O–H groups in total. The van der Waals surface area contributed by atoms with E-state index in [9.17, 15) is 13.2 Å². The molecule has 0 saturated carbocycles. The van der Waals surface area contributed by atoms with Gasteiger partial charge in [0.2, 0.25) is 15.9 Å². The molecule has 0 radical (unpaired) electrons. The van der Waals surface area contributed by atoms with Crippen LogP contribution in [0.2, 0.25) is 0 Å². The number of carbonyl (C=O) groups is 1. The summed E-state index contributed by atoms with van der Waals surface area (Å²) >= 11 is 3.30. The minimum atomic E-state index is -3.47. The molecule has 0 unspecified atom stereocenters. The number of nitrogens with zero attached hydrogens (tertiary/aromatic N) is 1. The van der Waals surface area contributed by atoms with E-state index in [1.807, 2.05) is 13.8 Å². The topological polar surface area (TPSA) is 66.5 Å². The average molecular weight is 389 g/mol. The lowest BCUT2D eigenvalue weighted by atomic mass is 9.97. The van der Waals surface area contributed by atoms with Gasteiger partial charge in [-0.25, -0.2) is 8.42 Å². The summed E-state index contributed by atoms with van der Waals surface area (Å²) in [5.74, 6) is -0.0746. The Bertz CT molecular complexity index is 621. The first-order valence-corrected chi connectivity index (χ1v) is 9.60. The van der Waals surface area contributed by atoms with Gasteiger partial charge in [-0.2, -0.15) is 4.31 Å². The maximum atomic E-state index is 12.6. The lowest BCUT2D eigenvalue weighted by Crippen LogP contribution is -2.44. The lowest BCUT2D eigenvalue weighted by molar-refractivity contribution is -0.126. The molecule has 1 aliphatic rings. The molecule has 22 heavy (non-hydrogen) atoms. The molecule has 0 spiro atoms. The molecule has 7 heteroatoms. The highest BCUT2D eigenvalue weighted by Crippen LogP contribution is 2.25. The summed E-state index contributed by atoms with van der Waals surface area (Å²) in [6.45, 7) is 4.61. The fraction of sp³-hybridized carbons (Fsp3) is 0.533. The number of amides is 1. The number of piperidine rings is 1. The highest BCUT2D eigenvalue weighted by atomic mass is 79.9. The molecule has 2 rings (SSSR count). The molecule has 1 aromatic rings. The van der Waals surface area contributed by atoms with Crippen molar-refractivity contribution in [2.75, 3.05) is 13.1 Å². The number of hydrogen-bond donors (Lipinski definition) is 1. The summed E-state index contributed by atoms with van der Waals surface area (Å²) in [5, 5.41) is 2.89. The van der Waals surface area contributed by atoms with Crippen LogP contribution in [0.4, 0.5) is 0 Å². The van der Waals surface area contributed by atoms with Gasteiger partial charge < -0.3 is 5.32 Å². The number of hydrogen-bond acceptors (Lipinski definition) is 3. The summed E-state index contributed by atoms with van der Waals surface area (Å²) in [6.07, 6.45) is 1.13. The van der Waals surface area contributed by atoms with Crippen LogP contribution in [-0.2, 0) is 14.8 Å². The van der Waals surface area contributed by atoms with Crippen LogP contribution in [0, 0.1) is 5.92 Å². The van der Waals surface area contributed by atoms with Gasteiger partial charge >= 0.3 is 0 Å². The van der Waals surface area contributed by atoms with Crippen LogP contribution >= 0.6 is 15.9 Å². The third kappa shape index (κ3) is 4.08. The van der Waals surface area contributed by atoms with E-state index >= 15 is 0 Å². The number of nitrogens with one attached hydrogen (secondary N) is 1. The summed E-state index contributed by atoms with van der Waals surface area (Å²) in [5.41, 5.74) is 0. The standard InChI is InChI=1S/C15H21BrN2O3S/c1-11(2)17-15(19)12-7-9-18(10-8-12)22(20,21)14-5-3-13(16)4-6-14/h3-6,11-12H,7-10H2,1-2H3,(H,17,19). The van der Waals surface area contributed by atoms with Crippen molar-refractivity contribution in [2.24, 2.45) is 5.92 Å². The average Bonchev–Trinajstić information content (AvgIpc) is 2.47. The minimum absolute atomic E-state index is 0.0238. The van der Waals surface area contributed by atoms with E-state index in [1.54, 1.807) is 24.3 Å². The zero-order valence-electron chi connectivity index (χ0n) is 12.8. The third-order valence-corrected chi connectivity index (χ3v) is 6.15. The normalized spacial score (nSPS) is 17.6. The van der Waals surface area contributed by atoms with Gasteiger partial charge in [-0.1, -0.05) is 15.9 Å². The molecule has 122 valence electrons. The number of carbonyl (C=O) groups excluding carboxylic acids is 1. The van der Waals surface area contributed by atoms with Gasteiger partial charge in [0.1, 0.15) is 0 Å². The van der Waals surface area contributed by atoms with Crippen molar-refractivity contribution in [1.29, 1.82) is 0 Å². The zero-order valence-corrected chi connectivity index (χ0v) is 15.2. The Balaban J connectivity index is 2.01. The van der Waals surface area contributed by atoms with E-state index in [4.69, 9.17) is 0 Å². The highest BCUT2D eigenvalue weighted by Gasteiger charge is 2.32. The molecule has 5 nitrogen and oxygen atoms in total. The molecule has 1 heterocycles. The van der Waals surface area contributed by atoms with E-state index in [-0.39, 0.29) is 17.9 Å². The molecule has 1 fully saturated rings. The van der Waals surface area contributed by atoms with Crippen LogP contribution in [0.1, 0.15) is 26.7 Å². The number of halogens is 1. The van der Waals surface area contributed by atoms with Crippen LogP contribution in [0.5, 0.6) is 0 Å². The van der Waals surface area contributed by atoms with E-state index < -0.39 is 10.0 Å². The SMILES string of the molecule is CC(C)NC(=O)C1CCN(S(=O)(=O)c2ccc(Br)cc2)CC1. The fourth-order valence-corrected chi connectivity index (χ4v) is 4.25. The zero-order chi connectivity index (χ0) is 16.3. The van der Waals surface area contributed by atoms with Crippen molar-refractivity contribution in [1.82, 2.24) is 9.62 Å². The molecule has 0 atom stereocenters. The van der Waals surface area contributed by atoms with E-state index in [1.165, 1.54) is 4.31 Å².